The summed E-state index contributed by atoms with van der Waals surface area (Å²) < 4.78 is 31.5. The smallest absolute Gasteiger partial charge is 0.248 e. The highest BCUT2D eigenvalue weighted by atomic mass is 32.1. The number of nitrogens with two attached hydrogens (primary N) is 1. The Hall–Kier alpha value is -1.43. The van der Waals surface area contributed by atoms with Crippen molar-refractivity contribution in [1.29, 1.82) is 0 Å². The second-order valence-corrected chi connectivity index (χ2v) is 5.86. The molecule has 2 heterocycles. The Morgan fingerprint density at radius 1 is 1.37 bits per heavy atom. The maximum atomic E-state index is 13.2. The van der Waals surface area contributed by atoms with Crippen LogP contribution in [0.1, 0.15) is 37.3 Å². The molecule has 3 rings (SSSR count). The first kappa shape index (κ1) is 12.6. The molecule has 3 nitrogen and oxygen atoms in total. The van der Waals surface area contributed by atoms with E-state index in [1.807, 2.05) is 17.5 Å². The summed E-state index contributed by atoms with van der Waals surface area (Å²) in [5, 5.41) is 5.95. The monoisotopic (exact) mass is 284 g/mol. The minimum absolute atomic E-state index is 0.0118. The third-order valence-corrected chi connectivity index (χ3v) is 4.50. The number of aromatic nitrogens is 1. The van der Waals surface area contributed by atoms with Crippen LogP contribution in [-0.2, 0) is 0 Å². The van der Waals surface area contributed by atoms with Crippen LogP contribution in [0.4, 0.5) is 14.7 Å². The summed E-state index contributed by atoms with van der Waals surface area (Å²) in [5.74, 6) is -2.25. The molecular formula is C13H14F2N2OS. The minimum atomic E-state index is -2.53. The Balaban J connectivity index is 1.90. The zero-order chi connectivity index (χ0) is 13.5. The molecular weight excluding hydrogens is 270 g/mol. The van der Waals surface area contributed by atoms with E-state index in [1.54, 1.807) is 11.3 Å². The molecule has 0 amide bonds. The van der Waals surface area contributed by atoms with E-state index in [2.05, 4.69) is 5.16 Å². The molecule has 0 bridgehead atoms. The average molecular weight is 284 g/mol. The summed E-state index contributed by atoms with van der Waals surface area (Å²) in [6, 6.07) is 3.86. The third-order valence-electron chi connectivity index (χ3n) is 3.62. The van der Waals surface area contributed by atoms with Crippen molar-refractivity contribution in [2.75, 3.05) is 5.73 Å². The zero-order valence-electron chi connectivity index (χ0n) is 10.2. The van der Waals surface area contributed by atoms with Crippen LogP contribution >= 0.6 is 11.3 Å². The summed E-state index contributed by atoms with van der Waals surface area (Å²) in [4.78, 5) is 0.978. The molecule has 0 saturated heterocycles. The van der Waals surface area contributed by atoms with E-state index >= 15 is 0 Å². The number of anilines is 1. The van der Waals surface area contributed by atoms with Gasteiger partial charge in [-0.2, -0.15) is 0 Å². The van der Waals surface area contributed by atoms with Gasteiger partial charge >= 0.3 is 0 Å². The SMILES string of the molecule is Nc1onc(C2CCC(F)(F)CC2)c1-c1cccs1. The molecule has 1 aliphatic rings. The second-order valence-electron chi connectivity index (χ2n) is 4.91. The fourth-order valence-corrected chi connectivity index (χ4v) is 3.36. The molecule has 1 aliphatic carbocycles. The van der Waals surface area contributed by atoms with E-state index in [1.165, 1.54) is 0 Å². The van der Waals surface area contributed by atoms with Crippen LogP contribution in [0.2, 0.25) is 0 Å². The van der Waals surface area contributed by atoms with Gasteiger partial charge < -0.3 is 10.3 Å². The fraction of sp³-hybridized carbons (Fsp3) is 0.462. The number of hydrogen-bond acceptors (Lipinski definition) is 4. The predicted molar refractivity (Wildman–Crippen MR) is 70.4 cm³/mol. The molecule has 0 radical (unpaired) electrons. The Morgan fingerprint density at radius 3 is 2.74 bits per heavy atom. The van der Waals surface area contributed by atoms with Gasteiger partial charge in [-0.25, -0.2) is 8.78 Å². The molecule has 102 valence electrons. The standard InChI is InChI=1S/C13H14F2N2OS/c14-13(15)5-3-8(4-6-13)11-10(12(16)18-17-11)9-2-1-7-19-9/h1-2,7-8H,3-6,16H2. The van der Waals surface area contributed by atoms with Gasteiger partial charge in [0.1, 0.15) is 0 Å². The van der Waals surface area contributed by atoms with E-state index in [0.29, 0.717) is 12.8 Å². The van der Waals surface area contributed by atoms with Crippen molar-refractivity contribution < 1.29 is 13.3 Å². The number of nitrogen functional groups attached to an aromatic ring is 1. The van der Waals surface area contributed by atoms with Gasteiger partial charge in [-0.1, -0.05) is 11.2 Å². The topological polar surface area (TPSA) is 52.0 Å². The van der Waals surface area contributed by atoms with Gasteiger partial charge in [0.25, 0.3) is 0 Å². The van der Waals surface area contributed by atoms with E-state index in [4.69, 9.17) is 10.3 Å². The van der Waals surface area contributed by atoms with Gasteiger partial charge in [-0.3, -0.25) is 0 Å². The highest BCUT2D eigenvalue weighted by Gasteiger charge is 2.37. The summed E-state index contributed by atoms with van der Waals surface area (Å²) in [5.41, 5.74) is 7.34. The number of hydrogen-bond donors (Lipinski definition) is 1. The van der Waals surface area contributed by atoms with Gasteiger partial charge in [0.15, 0.2) is 0 Å². The minimum Gasteiger partial charge on any atom is -0.367 e. The number of rotatable bonds is 2. The lowest BCUT2D eigenvalue weighted by molar-refractivity contribution is -0.0386. The highest BCUT2D eigenvalue weighted by Crippen LogP contribution is 2.45. The Morgan fingerprint density at radius 2 is 2.11 bits per heavy atom. The van der Waals surface area contributed by atoms with Crippen molar-refractivity contribution in [3.8, 4) is 10.4 Å². The van der Waals surface area contributed by atoms with Gasteiger partial charge in [0.2, 0.25) is 11.8 Å². The third kappa shape index (κ3) is 2.36. The maximum Gasteiger partial charge on any atom is 0.248 e. The normalized spacial score (nSPS) is 19.7. The molecule has 0 spiro atoms. The van der Waals surface area contributed by atoms with Gasteiger partial charge in [0.05, 0.1) is 11.3 Å². The van der Waals surface area contributed by atoms with Crippen molar-refractivity contribution in [3.63, 3.8) is 0 Å². The van der Waals surface area contributed by atoms with Crippen molar-refractivity contribution in [3.05, 3.63) is 23.2 Å². The molecule has 19 heavy (non-hydrogen) atoms. The van der Waals surface area contributed by atoms with Crippen LogP contribution in [0, 0.1) is 0 Å². The van der Waals surface area contributed by atoms with Crippen LogP contribution in [0.25, 0.3) is 10.4 Å². The molecule has 0 unspecified atom stereocenters. The van der Waals surface area contributed by atoms with Gasteiger partial charge in [0, 0.05) is 23.6 Å². The molecule has 2 N–H and O–H groups in total. The number of halogens is 2. The van der Waals surface area contributed by atoms with Crippen molar-refractivity contribution in [1.82, 2.24) is 5.16 Å². The Kier molecular flexibility index (Phi) is 3.05. The first-order chi connectivity index (χ1) is 9.07. The van der Waals surface area contributed by atoms with E-state index in [-0.39, 0.29) is 24.6 Å². The summed E-state index contributed by atoms with van der Waals surface area (Å²) in [7, 11) is 0. The van der Waals surface area contributed by atoms with Crippen LogP contribution in [0.3, 0.4) is 0 Å². The number of thiophene rings is 1. The van der Waals surface area contributed by atoms with Crippen molar-refractivity contribution in [2.45, 2.75) is 37.5 Å². The largest absolute Gasteiger partial charge is 0.367 e. The lowest BCUT2D eigenvalue weighted by atomic mass is 9.83. The molecule has 1 saturated carbocycles. The molecule has 0 aliphatic heterocycles. The summed E-state index contributed by atoms with van der Waals surface area (Å²) >= 11 is 1.54. The molecule has 2 aromatic rings. The van der Waals surface area contributed by atoms with Gasteiger partial charge in [-0.05, 0) is 24.3 Å². The quantitative estimate of drug-likeness (QED) is 0.895. The summed E-state index contributed by atoms with van der Waals surface area (Å²) in [6.45, 7) is 0. The van der Waals surface area contributed by atoms with Crippen molar-refractivity contribution >= 4 is 17.2 Å². The lowest BCUT2D eigenvalue weighted by Crippen LogP contribution is -2.24. The molecule has 0 aromatic carbocycles. The Bertz CT molecular complexity index is 555. The fourth-order valence-electron chi connectivity index (χ4n) is 2.58. The zero-order valence-corrected chi connectivity index (χ0v) is 11.1. The second kappa shape index (κ2) is 4.59. The number of alkyl halides is 2. The van der Waals surface area contributed by atoms with Crippen molar-refractivity contribution in [2.24, 2.45) is 0 Å². The van der Waals surface area contributed by atoms with E-state index in [0.717, 1.165) is 16.1 Å². The van der Waals surface area contributed by atoms with Gasteiger partial charge in [-0.15, -0.1) is 11.3 Å². The first-order valence-electron chi connectivity index (χ1n) is 6.23. The molecule has 1 fully saturated rings. The van der Waals surface area contributed by atoms with Crippen LogP contribution in [0.15, 0.2) is 22.0 Å². The van der Waals surface area contributed by atoms with E-state index in [9.17, 15) is 8.78 Å². The number of nitrogens with zero attached hydrogens (tertiary/aromatic N) is 1. The molecule has 2 aromatic heterocycles. The first-order valence-corrected chi connectivity index (χ1v) is 7.11. The van der Waals surface area contributed by atoms with Crippen LogP contribution in [-0.4, -0.2) is 11.1 Å². The van der Waals surface area contributed by atoms with Crippen LogP contribution < -0.4 is 5.73 Å². The highest BCUT2D eigenvalue weighted by molar-refractivity contribution is 7.13. The van der Waals surface area contributed by atoms with Crippen LogP contribution in [0.5, 0.6) is 0 Å². The van der Waals surface area contributed by atoms with E-state index < -0.39 is 5.92 Å². The Labute approximate surface area is 113 Å². The molecule has 0 atom stereocenters. The lowest BCUT2D eigenvalue weighted by Gasteiger charge is -2.27. The average Bonchev–Trinajstić information content (AvgIpc) is 2.98. The predicted octanol–water partition coefficient (Wildman–Crippen LogP) is 4.28. The maximum absolute atomic E-state index is 13.2. The summed E-state index contributed by atoms with van der Waals surface area (Å²) in [6.07, 6.45) is 0.678. The molecule has 6 heteroatoms.